The lowest BCUT2D eigenvalue weighted by Crippen LogP contribution is -2.33. The number of halogens is 2. The molecule has 0 aliphatic rings. The standard InChI is InChI=1S/C14H15ClFN3O2/c1-2-11(14-17-5-6-18-14)19-13(20)8-21-12-4-3-9(16)7-10(12)15/h3-7,11H,2,8H2,1H3,(H,17,18)(H,19,20). The molecule has 21 heavy (non-hydrogen) atoms. The zero-order valence-corrected chi connectivity index (χ0v) is 12.2. The number of aromatic amines is 1. The van der Waals surface area contributed by atoms with Crippen LogP contribution >= 0.6 is 11.6 Å². The van der Waals surface area contributed by atoms with E-state index in [1.165, 1.54) is 12.1 Å². The molecule has 2 aromatic rings. The van der Waals surface area contributed by atoms with Crippen molar-refractivity contribution in [2.75, 3.05) is 6.61 Å². The van der Waals surface area contributed by atoms with E-state index in [1.807, 2.05) is 6.92 Å². The Balaban J connectivity index is 1.89. The van der Waals surface area contributed by atoms with Gasteiger partial charge in [0.05, 0.1) is 11.1 Å². The third-order valence-electron chi connectivity index (χ3n) is 2.85. The van der Waals surface area contributed by atoms with Gasteiger partial charge in [-0.2, -0.15) is 0 Å². The average molecular weight is 312 g/mol. The highest BCUT2D eigenvalue weighted by Gasteiger charge is 2.15. The molecule has 1 aromatic carbocycles. The second-order valence-corrected chi connectivity index (χ2v) is 4.77. The lowest BCUT2D eigenvalue weighted by Gasteiger charge is -2.15. The predicted molar refractivity (Wildman–Crippen MR) is 76.7 cm³/mol. The van der Waals surface area contributed by atoms with Crippen molar-refractivity contribution in [1.82, 2.24) is 15.3 Å². The van der Waals surface area contributed by atoms with E-state index < -0.39 is 5.82 Å². The molecule has 1 heterocycles. The average Bonchev–Trinajstić information content (AvgIpc) is 2.98. The first-order valence-corrected chi connectivity index (χ1v) is 6.84. The van der Waals surface area contributed by atoms with E-state index in [9.17, 15) is 9.18 Å². The van der Waals surface area contributed by atoms with Crippen molar-refractivity contribution in [3.05, 3.63) is 47.3 Å². The van der Waals surface area contributed by atoms with Crippen LogP contribution in [0.15, 0.2) is 30.6 Å². The number of ether oxygens (including phenoxy) is 1. The molecule has 1 amide bonds. The zero-order valence-electron chi connectivity index (χ0n) is 11.4. The van der Waals surface area contributed by atoms with Gasteiger partial charge in [-0.25, -0.2) is 9.37 Å². The quantitative estimate of drug-likeness (QED) is 0.862. The van der Waals surface area contributed by atoms with Gasteiger partial charge >= 0.3 is 0 Å². The number of imidazole rings is 1. The monoisotopic (exact) mass is 311 g/mol. The van der Waals surface area contributed by atoms with Crippen LogP contribution in [-0.2, 0) is 4.79 Å². The topological polar surface area (TPSA) is 67.0 Å². The number of aromatic nitrogens is 2. The van der Waals surface area contributed by atoms with E-state index in [1.54, 1.807) is 12.4 Å². The van der Waals surface area contributed by atoms with Crippen LogP contribution in [0.25, 0.3) is 0 Å². The van der Waals surface area contributed by atoms with E-state index in [-0.39, 0.29) is 29.3 Å². The summed E-state index contributed by atoms with van der Waals surface area (Å²) in [5, 5.41) is 2.92. The fourth-order valence-corrected chi connectivity index (χ4v) is 2.03. The number of carbonyl (C=O) groups excluding carboxylic acids is 1. The van der Waals surface area contributed by atoms with Crippen LogP contribution < -0.4 is 10.1 Å². The molecule has 1 aromatic heterocycles. The minimum absolute atomic E-state index is 0.126. The number of benzene rings is 1. The van der Waals surface area contributed by atoms with Crippen molar-refractivity contribution >= 4 is 17.5 Å². The lowest BCUT2D eigenvalue weighted by molar-refractivity contribution is -0.123. The van der Waals surface area contributed by atoms with Gasteiger partial charge in [-0.1, -0.05) is 18.5 Å². The third-order valence-corrected chi connectivity index (χ3v) is 3.14. The molecule has 0 radical (unpaired) electrons. The molecule has 112 valence electrons. The highest BCUT2D eigenvalue weighted by atomic mass is 35.5. The molecule has 0 aliphatic heterocycles. The van der Waals surface area contributed by atoms with Crippen molar-refractivity contribution in [3.63, 3.8) is 0 Å². The smallest absolute Gasteiger partial charge is 0.258 e. The number of nitrogens with one attached hydrogen (secondary N) is 2. The van der Waals surface area contributed by atoms with Gasteiger partial charge in [0.15, 0.2) is 6.61 Å². The van der Waals surface area contributed by atoms with E-state index in [4.69, 9.17) is 16.3 Å². The van der Waals surface area contributed by atoms with Crippen molar-refractivity contribution in [3.8, 4) is 5.75 Å². The Morgan fingerprint density at radius 2 is 2.38 bits per heavy atom. The number of nitrogens with zero attached hydrogens (tertiary/aromatic N) is 1. The first-order chi connectivity index (χ1) is 10.1. The maximum atomic E-state index is 12.9. The molecule has 1 unspecified atom stereocenters. The SMILES string of the molecule is CCC(NC(=O)COc1ccc(F)cc1Cl)c1ncc[nH]1. The summed E-state index contributed by atoms with van der Waals surface area (Å²) in [6.07, 6.45) is 4.01. The maximum Gasteiger partial charge on any atom is 0.258 e. The number of amides is 1. The molecular formula is C14H15ClFN3O2. The minimum atomic E-state index is -0.458. The first kappa shape index (κ1) is 15.3. The van der Waals surface area contributed by atoms with Crippen LogP contribution in [0.2, 0.25) is 5.02 Å². The molecule has 1 atom stereocenters. The Morgan fingerprint density at radius 1 is 1.57 bits per heavy atom. The van der Waals surface area contributed by atoms with Crippen LogP contribution in [0.4, 0.5) is 4.39 Å². The summed E-state index contributed by atoms with van der Waals surface area (Å²) in [4.78, 5) is 18.9. The van der Waals surface area contributed by atoms with Gasteiger partial charge in [-0.3, -0.25) is 4.79 Å². The maximum absolute atomic E-state index is 12.9. The van der Waals surface area contributed by atoms with Crippen molar-refractivity contribution < 1.29 is 13.9 Å². The second kappa shape index (κ2) is 7.08. The second-order valence-electron chi connectivity index (χ2n) is 4.37. The number of hydrogen-bond donors (Lipinski definition) is 2. The summed E-state index contributed by atoms with van der Waals surface area (Å²) in [6, 6.07) is 3.53. The molecule has 0 spiro atoms. The molecule has 0 saturated heterocycles. The summed E-state index contributed by atoms with van der Waals surface area (Å²) >= 11 is 5.82. The Labute approximate surface area is 126 Å². The van der Waals surface area contributed by atoms with Gasteiger partial charge in [0.1, 0.15) is 17.4 Å². The number of hydrogen-bond acceptors (Lipinski definition) is 3. The van der Waals surface area contributed by atoms with E-state index >= 15 is 0 Å². The van der Waals surface area contributed by atoms with Crippen molar-refractivity contribution in [2.45, 2.75) is 19.4 Å². The summed E-state index contributed by atoms with van der Waals surface area (Å²) in [5.74, 6) is 0.184. The largest absolute Gasteiger partial charge is 0.482 e. The van der Waals surface area contributed by atoms with Gasteiger partial charge in [0.2, 0.25) is 0 Å². The van der Waals surface area contributed by atoms with Crippen LogP contribution in [0, 0.1) is 5.82 Å². The highest BCUT2D eigenvalue weighted by molar-refractivity contribution is 6.32. The molecule has 0 saturated carbocycles. The Kier molecular flexibility index (Phi) is 5.16. The minimum Gasteiger partial charge on any atom is -0.482 e. The Bertz CT molecular complexity index is 604. The van der Waals surface area contributed by atoms with Gasteiger partial charge in [0, 0.05) is 12.4 Å². The van der Waals surface area contributed by atoms with Crippen LogP contribution in [0.1, 0.15) is 25.2 Å². The molecule has 0 aliphatic carbocycles. The van der Waals surface area contributed by atoms with Crippen LogP contribution in [0.5, 0.6) is 5.75 Å². The van der Waals surface area contributed by atoms with Crippen molar-refractivity contribution in [1.29, 1.82) is 0 Å². The number of H-pyrrole nitrogens is 1. The summed E-state index contributed by atoms with van der Waals surface area (Å²) in [7, 11) is 0. The van der Waals surface area contributed by atoms with Gasteiger partial charge in [0.25, 0.3) is 5.91 Å². The van der Waals surface area contributed by atoms with Crippen LogP contribution in [-0.4, -0.2) is 22.5 Å². The zero-order chi connectivity index (χ0) is 15.2. The summed E-state index contributed by atoms with van der Waals surface area (Å²) in [6.45, 7) is 1.73. The van der Waals surface area contributed by atoms with Crippen molar-refractivity contribution in [2.24, 2.45) is 0 Å². The molecule has 2 N–H and O–H groups in total. The van der Waals surface area contributed by atoms with Gasteiger partial charge in [-0.15, -0.1) is 0 Å². The molecular weight excluding hydrogens is 297 g/mol. The number of rotatable bonds is 6. The van der Waals surface area contributed by atoms with Crippen LogP contribution in [0.3, 0.4) is 0 Å². The fraction of sp³-hybridized carbons (Fsp3) is 0.286. The lowest BCUT2D eigenvalue weighted by atomic mass is 10.2. The summed E-state index contributed by atoms with van der Waals surface area (Å²) in [5.41, 5.74) is 0. The fourth-order valence-electron chi connectivity index (χ4n) is 1.80. The van der Waals surface area contributed by atoms with Gasteiger partial charge < -0.3 is 15.0 Å². The summed E-state index contributed by atoms with van der Waals surface area (Å²) < 4.78 is 18.2. The Hall–Kier alpha value is -2.08. The molecule has 7 heteroatoms. The third kappa shape index (κ3) is 4.19. The predicted octanol–water partition coefficient (Wildman–Crippen LogP) is 2.85. The Morgan fingerprint density at radius 3 is 3.00 bits per heavy atom. The normalized spacial score (nSPS) is 12.0. The number of carbonyl (C=O) groups is 1. The first-order valence-electron chi connectivity index (χ1n) is 6.46. The van der Waals surface area contributed by atoms with E-state index in [0.717, 1.165) is 6.07 Å². The highest BCUT2D eigenvalue weighted by Crippen LogP contribution is 2.24. The van der Waals surface area contributed by atoms with E-state index in [0.29, 0.717) is 12.2 Å². The molecule has 0 bridgehead atoms. The van der Waals surface area contributed by atoms with E-state index in [2.05, 4.69) is 15.3 Å². The molecule has 0 fully saturated rings. The molecule has 2 rings (SSSR count). The van der Waals surface area contributed by atoms with Gasteiger partial charge in [-0.05, 0) is 24.6 Å². The molecule has 5 nitrogen and oxygen atoms in total.